The maximum atomic E-state index is 13.1. The van der Waals surface area contributed by atoms with Gasteiger partial charge in [0, 0.05) is 43.8 Å². The van der Waals surface area contributed by atoms with Gasteiger partial charge in [-0.05, 0) is 36.8 Å². The van der Waals surface area contributed by atoms with Crippen molar-refractivity contribution in [3.63, 3.8) is 0 Å². The van der Waals surface area contributed by atoms with Crippen LogP contribution in [0.5, 0.6) is 0 Å². The second-order valence-corrected chi connectivity index (χ2v) is 7.97. The molecular formula is C22H23FN4OS. The summed E-state index contributed by atoms with van der Waals surface area (Å²) in [5.41, 5.74) is 3.73. The smallest absolute Gasteiger partial charge is 0.271 e. The van der Waals surface area contributed by atoms with Crippen molar-refractivity contribution in [2.45, 2.75) is 13.5 Å². The molecule has 0 saturated carbocycles. The van der Waals surface area contributed by atoms with Crippen LogP contribution in [0.15, 0.2) is 53.9 Å². The van der Waals surface area contributed by atoms with Crippen LogP contribution in [0.2, 0.25) is 0 Å². The predicted molar refractivity (Wildman–Crippen MR) is 115 cm³/mol. The molecule has 4 rings (SSSR count). The third-order valence-electron chi connectivity index (χ3n) is 5.00. The highest BCUT2D eigenvalue weighted by Crippen LogP contribution is 2.24. The van der Waals surface area contributed by atoms with Crippen LogP contribution in [0.4, 0.5) is 15.2 Å². The lowest BCUT2D eigenvalue weighted by molar-refractivity contribution is 0.0946. The van der Waals surface area contributed by atoms with Crippen LogP contribution >= 0.6 is 11.3 Å². The van der Waals surface area contributed by atoms with Crippen molar-refractivity contribution in [1.82, 2.24) is 10.3 Å². The molecule has 1 saturated heterocycles. The highest BCUT2D eigenvalue weighted by atomic mass is 32.1. The topological polar surface area (TPSA) is 48.5 Å². The van der Waals surface area contributed by atoms with Gasteiger partial charge in [0.05, 0.1) is 0 Å². The molecule has 0 spiro atoms. The maximum absolute atomic E-state index is 13.1. The third-order valence-corrected chi connectivity index (χ3v) is 5.90. The van der Waals surface area contributed by atoms with E-state index in [0.717, 1.165) is 42.6 Å². The van der Waals surface area contributed by atoms with E-state index in [0.29, 0.717) is 12.2 Å². The van der Waals surface area contributed by atoms with E-state index in [1.165, 1.54) is 29.0 Å². The van der Waals surface area contributed by atoms with Crippen molar-refractivity contribution in [3.8, 4) is 0 Å². The molecule has 1 aromatic heterocycles. The van der Waals surface area contributed by atoms with E-state index in [9.17, 15) is 9.18 Å². The van der Waals surface area contributed by atoms with Gasteiger partial charge in [0.15, 0.2) is 5.13 Å². The molecule has 0 radical (unpaired) electrons. The summed E-state index contributed by atoms with van der Waals surface area (Å²) in [6.07, 6.45) is 0. The van der Waals surface area contributed by atoms with Gasteiger partial charge in [0.2, 0.25) is 0 Å². The zero-order chi connectivity index (χ0) is 20.2. The Hall–Kier alpha value is -2.93. The number of aryl methyl sites for hydroxylation is 1. The predicted octanol–water partition coefficient (Wildman–Crippen LogP) is 3.85. The number of carbonyl (C=O) groups is 1. The summed E-state index contributed by atoms with van der Waals surface area (Å²) in [6.45, 7) is 5.82. The monoisotopic (exact) mass is 410 g/mol. The first-order valence-electron chi connectivity index (χ1n) is 9.63. The Balaban J connectivity index is 1.32. The molecule has 7 heteroatoms. The molecule has 150 valence electrons. The average Bonchev–Trinajstić information content (AvgIpc) is 3.23. The molecule has 0 atom stereocenters. The summed E-state index contributed by atoms with van der Waals surface area (Å²) in [6, 6.07) is 14.7. The molecule has 1 N–H and O–H groups in total. The van der Waals surface area contributed by atoms with Crippen LogP contribution in [0.1, 0.15) is 21.6 Å². The summed E-state index contributed by atoms with van der Waals surface area (Å²) >= 11 is 1.49. The van der Waals surface area contributed by atoms with E-state index in [2.05, 4.69) is 26.2 Å². The van der Waals surface area contributed by atoms with Crippen molar-refractivity contribution in [2.75, 3.05) is 36.0 Å². The molecule has 2 heterocycles. The second kappa shape index (κ2) is 8.61. The maximum Gasteiger partial charge on any atom is 0.271 e. The molecule has 1 fully saturated rings. The molecule has 29 heavy (non-hydrogen) atoms. The number of hydrogen-bond donors (Lipinski definition) is 1. The first kappa shape index (κ1) is 19.4. The Kier molecular flexibility index (Phi) is 5.76. The van der Waals surface area contributed by atoms with Crippen LogP contribution in [0, 0.1) is 12.7 Å². The lowest BCUT2D eigenvalue weighted by Crippen LogP contribution is -2.46. The normalized spacial score (nSPS) is 14.1. The molecule has 0 bridgehead atoms. The fourth-order valence-corrected chi connectivity index (χ4v) is 4.28. The van der Waals surface area contributed by atoms with Crippen LogP contribution in [0.3, 0.4) is 0 Å². The first-order valence-corrected chi connectivity index (χ1v) is 10.5. The highest BCUT2D eigenvalue weighted by molar-refractivity contribution is 7.13. The zero-order valence-electron chi connectivity index (χ0n) is 16.3. The van der Waals surface area contributed by atoms with E-state index in [1.807, 2.05) is 42.6 Å². The number of halogens is 1. The second-order valence-electron chi connectivity index (χ2n) is 7.14. The summed E-state index contributed by atoms with van der Waals surface area (Å²) in [5, 5.41) is 5.62. The molecule has 1 aliphatic heterocycles. The minimum absolute atomic E-state index is 0.154. The number of benzene rings is 2. The van der Waals surface area contributed by atoms with Gasteiger partial charge in [-0.1, -0.05) is 29.8 Å². The number of nitrogens with zero attached hydrogens (tertiary/aromatic N) is 3. The minimum atomic E-state index is -0.219. The van der Waals surface area contributed by atoms with E-state index >= 15 is 0 Å². The van der Waals surface area contributed by atoms with Gasteiger partial charge in [0.25, 0.3) is 5.91 Å². The van der Waals surface area contributed by atoms with E-state index < -0.39 is 0 Å². The third kappa shape index (κ3) is 4.74. The number of carbonyl (C=O) groups excluding carboxylic acids is 1. The van der Waals surface area contributed by atoms with Gasteiger partial charge in [-0.15, -0.1) is 11.3 Å². The largest absolute Gasteiger partial charge is 0.368 e. The lowest BCUT2D eigenvalue weighted by Gasteiger charge is -2.36. The fraction of sp³-hybridized carbons (Fsp3) is 0.273. The SMILES string of the molecule is Cc1cccc(CNC(=O)c2csc(N3CCN(c4ccc(F)cc4)CC3)n2)c1. The number of aromatic nitrogens is 1. The fourth-order valence-electron chi connectivity index (χ4n) is 3.42. The molecule has 1 aliphatic rings. The Bertz CT molecular complexity index is 980. The Morgan fingerprint density at radius 2 is 1.83 bits per heavy atom. The number of thiazole rings is 1. The van der Waals surface area contributed by atoms with E-state index in [1.54, 1.807) is 0 Å². The number of anilines is 2. The highest BCUT2D eigenvalue weighted by Gasteiger charge is 2.21. The molecule has 5 nitrogen and oxygen atoms in total. The quantitative estimate of drug-likeness (QED) is 0.694. The Labute approximate surface area is 173 Å². The summed E-state index contributed by atoms with van der Waals surface area (Å²) in [4.78, 5) is 21.4. The zero-order valence-corrected chi connectivity index (χ0v) is 17.1. The lowest BCUT2D eigenvalue weighted by atomic mass is 10.1. The molecule has 3 aromatic rings. The number of hydrogen-bond acceptors (Lipinski definition) is 5. The van der Waals surface area contributed by atoms with Gasteiger partial charge in [-0.25, -0.2) is 9.37 Å². The summed E-state index contributed by atoms with van der Waals surface area (Å²) in [5.74, 6) is -0.373. The number of rotatable bonds is 5. The Morgan fingerprint density at radius 3 is 2.55 bits per heavy atom. The van der Waals surface area contributed by atoms with Crippen LogP contribution < -0.4 is 15.1 Å². The van der Waals surface area contributed by atoms with Crippen molar-refractivity contribution < 1.29 is 9.18 Å². The van der Waals surface area contributed by atoms with Crippen molar-refractivity contribution >= 4 is 28.1 Å². The van der Waals surface area contributed by atoms with Gasteiger partial charge in [0.1, 0.15) is 11.5 Å². The molecule has 0 aliphatic carbocycles. The van der Waals surface area contributed by atoms with Gasteiger partial charge in [-0.2, -0.15) is 0 Å². The van der Waals surface area contributed by atoms with E-state index in [-0.39, 0.29) is 11.7 Å². The number of amides is 1. The van der Waals surface area contributed by atoms with Crippen LogP contribution in [0.25, 0.3) is 0 Å². The van der Waals surface area contributed by atoms with E-state index in [4.69, 9.17) is 0 Å². The van der Waals surface area contributed by atoms with Crippen molar-refractivity contribution in [2.24, 2.45) is 0 Å². The number of piperazine rings is 1. The van der Waals surface area contributed by atoms with Crippen molar-refractivity contribution in [1.29, 1.82) is 0 Å². The molecular weight excluding hydrogens is 387 g/mol. The molecule has 1 amide bonds. The van der Waals surface area contributed by atoms with Gasteiger partial charge < -0.3 is 15.1 Å². The summed E-state index contributed by atoms with van der Waals surface area (Å²) in [7, 11) is 0. The molecule has 2 aromatic carbocycles. The minimum Gasteiger partial charge on any atom is -0.368 e. The average molecular weight is 411 g/mol. The molecule has 0 unspecified atom stereocenters. The summed E-state index contributed by atoms with van der Waals surface area (Å²) < 4.78 is 13.1. The number of nitrogens with one attached hydrogen (secondary N) is 1. The standard InChI is InChI=1S/C22H23FN4OS/c1-16-3-2-4-17(13-16)14-24-21(28)20-15-29-22(25-20)27-11-9-26(10-12-27)19-7-5-18(23)6-8-19/h2-8,13,15H,9-12,14H2,1H3,(H,24,28). The first-order chi connectivity index (χ1) is 14.1. The van der Waals surface area contributed by atoms with Crippen LogP contribution in [-0.2, 0) is 6.54 Å². The van der Waals surface area contributed by atoms with Gasteiger partial charge >= 0.3 is 0 Å². The van der Waals surface area contributed by atoms with Crippen LogP contribution in [-0.4, -0.2) is 37.1 Å². The van der Waals surface area contributed by atoms with Crippen molar-refractivity contribution in [3.05, 3.63) is 76.5 Å². The van der Waals surface area contributed by atoms with Gasteiger partial charge in [-0.3, -0.25) is 4.79 Å². The Morgan fingerprint density at radius 1 is 1.10 bits per heavy atom.